The van der Waals surface area contributed by atoms with Gasteiger partial charge in [-0.25, -0.2) is 13.6 Å². The number of hydrogen-bond acceptors (Lipinski definition) is 2. The highest BCUT2D eigenvalue weighted by atomic mass is 19.1. The van der Waals surface area contributed by atoms with Gasteiger partial charge in [0.1, 0.15) is 17.7 Å². The molecule has 1 rings (SSSR count). The van der Waals surface area contributed by atoms with Crippen LogP contribution in [-0.4, -0.2) is 17.7 Å². The van der Waals surface area contributed by atoms with E-state index in [1.807, 2.05) is 20.8 Å². The minimum Gasteiger partial charge on any atom is -0.445 e. The number of carbonyl (C=O) groups excluding carboxylic acids is 1. The predicted octanol–water partition coefficient (Wildman–Crippen LogP) is 3.81. The second kappa shape index (κ2) is 7.79. The van der Waals surface area contributed by atoms with E-state index in [1.165, 1.54) is 0 Å². The Bertz CT molecular complexity index is 559. The van der Waals surface area contributed by atoms with Gasteiger partial charge in [0.15, 0.2) is 0 Å². The molecule has 3 nitrogen and oxygen atoms in total. The van der Waals surface area contributed by atoms with Crippen LogP contribution in [0.5, 0.6) is 0 Å². The van der Waals surface area contributed by atoms with Crippen LogP contribution in [-0.2, 0) is 11.2 Å². The highest BCUT2D eigenvalue weighted by molar-refractivity contribution is 5.68. The lowest BCUT2D eigenvalue weighted by Crippen LogP contribution is -2.42. The van der Waals surface area contributed by atoms with Gasteiger partial charge in [-0.3, -0.25) is 0 Å². The van der Waals surface area contributed by atoms with Crippen molar-refractivity contribution >= 4 is 6.09 Å². The van der Waals surface area contributed by atoms with Crippen LogP contribution in [0.1, 0.15) is 39.2 Å². The highest BCUT2D eigenvalue weighted by Gasteiger charge is 2.19. The second-order valence-electron chi connectivity index (χ2n) is 6.08. The molecule has 0 aliphatic carbocycles. The number of ether oxygens (including phenoxy) is 1. The zero-order valence-corrected chi connectivity index (χ0v) is 13.1. The maximum absolute atomic E-state index is 13.6. The quantitative estimate of drug-likeness (QED) is 0.840. The molecule has 1 unspecified atom stereocenters. The lowest BCUT2D eigenvalue weighted by Gasteiger charge is -2.23. The van der Waals surface area contributed by atoms with Crippen molar-refractivity contribution in [1.82, 2.24) is 5.32 Å². The van der Waals surface area contributed by atoms with Crippen LogP contribution in [0, 0.1) is 24.0 Å². The first-order chi connectivity index (χ1) is 10.2. The van der Waals surface area contributed by atoms with Crippen molar-refractivity contribution in [3.05, 3.63) is 35.4 Å². The number of benzene rings is 1. The molecule has 0 saturated carbocycles. The molecular formula is C17H21F2NO2. The Morgan fingerprint density at radius 1 is 1.41 bits per heavy atom. The molecule has 22 heavy (non-hydrogen) atoms. The maximum Gasteiger partial charge on any atom is 0.407 e. The first kappa shape index (κ1) is 18.0. The summed E-state index contributed by atoms with van der Waals surface area (Å²) < 4.78 is 31.9. The summed E-state index contributed by atoms with van der Waals surface area (Å²) in [6, 6.07) is 3.27. The Balaban J connectivity index is 2.63. The maximum atomic E-state index is 13.6. The van der Waals surface area contributed by atoms with E-state index >= 15 is 0 Å². The number of rotatable bonds is 5. The zero-order valence-electron chi connectivity index (χ0n) is 13.1. The number of amides is 1. The molecule has 1 aromatic carbocycles. The predicted molar refractivity (Wildman–Crippen MR) is 81.3 cm³/mol. The van der Waals surface area contributed by atoms with Crippen LogP contribution in [0.15, 0.2) is 18.2 Å². The number of aryl methyl sites for hydroxylation is 1. The monoisotopic (exact) mass is 309 g/mol. The lowest BCUT2D eigenvalue weighted by molar-refractivity contribution is 0.0889. The summed E-state index contributed by atoms with van der Waals surface area (Å²) in [4.78, 5) is 11.7. The third-order valence-corrected chi connectivity index (χ3v) is 2.84. The summed E-state index contributed by atoms with van der Waals surface area (Å²) in [7, 11) is 0. The van der Waals surface area contributed by atoms with Gasteiger partial charge in [-0.2, -0.15) is 0 Å². The van der Waals surface area contributed by atoms with Gasteiger partial charge in [0.25, 0.3) is 0 Å². The van der Waals surface area contributed by atoms with E-state index in [4.69, 9.17) is 11.2 Å². The summed E-state index contributed by atoms with van der Waals surface area (Å²) in [5.41, 5.74) is -0.186. The van der Waals surface area contributed by atoms with Crippen LogP contribution in [0.25, 0.3) is 0 Å². The number of halogens is 2. The smallest absolute Gasteiger partial charge is 0.407 e. The van der Waals surface area contributed by atoms with E-state index < -0.39 is 29.4 Å². The van der Waals surface area contributed by atoms with Gasteiger partial charge in [0, 0.05) is 12.0 Å². The van der Waals surface area contributed by atoms with Crippen LogP contribution in [0.4, 0.5) is 13.6 Å². The standard InChI is InChI=1S/C17H21F2NO2/c1-5-6-14(22-16(21)20-17(2,3)4)9-7-12-11-13(18)8-10-15(12)19/h1,8,10-11,14H,6-7,9H2,2-4H3,(H,20,21). The molecule has 0 aliphatic rings. The molecule has 1 N–H and O–H groups in total. The third kappa shape index (κ3) is 6.57. The summed E-state index contributed by atoms with van der Waals surface area (Å²) >= 11 is 0. The summed E-state index contributed by atoms with van der Waals surface area (Å²) in [5.74, 6) is 1.44. The Kier molecular flexibility index (Phi) is 6.36. The van der Waals surface area contributed by atoms with E-state index in [1.54, 1.807) is 0 Å². The Hall–Kier alpha value is -2.09. The van der Waals surface area contributed by atoms with Gasteiger partial charge >= 0.3 is 6.09 Å². The molecule has 0 bridgehead atoms. The van der Waals surface area contributed by atoms with Crippen molar-refractivity contribution in [2.24, 2.45) is 0 Å². The molecule has 0 spiro atoms. The zero-order chi connectivity index (χ0) is 16.8. The fourth-order valence-electron chi connectivity index (χ4n) is 1.87. The molecule has 5 heteroatoms. The van der Waals surface area contributed by atoms with Crippen LogP contribution >= 0.6 is 0 Å². The normalized spacial score (nSPS) is 12.4. The molecule has 0 radical (unpaired) electrons. The first-order valence-electron chi connectivity index (χ1n) is 7.07. The fraction of sp³-hybridized carbons (Fsp3) is 0.471. The van der Waals surface area contributed by atoms with E-state index in [0.29, 0.717) is 6.42 Å². The van der Waals surface area contributed by atoms with Gasteiger partial charge in [-0.1, -0.05) is 0 Å². The van der Waals surface area contributed by atoms with Crippen molar-refractivity contribution in [1.29, 1.82) is 0 Å². The molecular weight excluding hydrogens is 288 g/mol. The van der Waals surface area contributed by atoms with Crippen LogP contribution in [0.3, 0.4) is 0 Å². The molecule has 0 aliphatic heterocycles. The van der Waals surface area contributed by atoms with E-state index in [-0.39, 0.29) is 18.4 Å². The van der Waals surface area contributed by atoms with Crippen LogP contribution in [0.2, 0.25) is 0 Å². The number of nitrogens with one attached hydrogen (secondary N) is 1. The van der Waals surface area contributed by atoms with E-state index in [2.05, 4.69) is 11.2 Å². The Morgan fingerprint density at radius 3 is 2.68 bits per heavy atom. The fourth-order valence-corrected chi connectivity index (χ4v) is 1.87. The minimum atomic E-state index is -0.576. The number of alkyl carbamates (subject to hydrolysis) is 1. The van der Waals surface area contributed by atoms with Crippen molar-refractivity contribution in [3.63, 3.8) is 0 Å². The van der Waals surface area contributed by atoms with Crippen molar-refractivity contribution in [3.8, 4) is 12.3 Å². The molecule has 0 saturated heterocycles. The van der Waals surface area contributed by atoms with Gasteiger partial charge < -0.3 is 10.1 Å². The molecule has 0 fully saturated rings. The molecule has 1 aromatic rings. The van der Waals surface area contributed by atoms with Gasteiger partial charge in [0.2, 0.25) is 0 Å². The summed E-state index contributed by atoms with van der Waals surface area (Å²) in [6.07, 6.45) is 4.91. The molecule has 0 heterocycles. The summed E-state index contributed by atoms with van der Waals surface area (Å²) in [6.45, 7) is 5.48. The lowest BCUT2D eigenvalue weighted by atomic mass is 10.0. The SMILES string of the molecule is C#CCC(CCc1cc(F)ccc1F)OC(=O)NC(C)(C)C. The largest absolute Gasteiger partial charge is 0.445 e. The Morgan fingerprint density at radius 2 is 2.09 bits per heavy atom. The average Bonchev–Trinajstić information content (AvgIpc) is 2.37. The second-order valence-corrected chi connectivity index (χ2v) is 6.08. The van der Waals surface area contributed by atoms with Gasteiger partial charge in [-0.15, -0.1) is 12.3 Å². The van der Waals surface area contributed by atoms with Crippen molar-refractivity contribution in [2.75, 3.05) is 0 Å². The van der Waals surface area contributed by atoms with Gasteiger partial charge in [-0.05, 0) is 57.4 Å². The molecule has 0 aromatic heterocycles. The number of terminal acetylenes is 1. The molecule has 120 valence electrons. The third-order valence-electron chi connectivity index (χ3n) is 2.84. The van der Waals surface area contributed by atoms with Crippen molar-refractivity contribution in [2.45, 2.75) is 51.7 Å². The van der Waals surface area contributed by atoms with Crippen molar-refractivity contribution < 1.29 is 18.3 Å². The van der Waals surface area contributed by atoms with E-state index in [9.17, 15) is 13.6 Å². The summed E-state index contributed by atoms with van der Waals surface area (Å²) in [5, 5.41) is 2.66. The van der Waals surface area contributed by atoms with Gasteiger partial charge in [0.05, 0.1) is 0 Å². The minimum absolute atomic E-state index is 0.217. The van der Waals surface area contributed by atoms with E-state index in [0.717, 1.165) is 18.2 Å². The molecule has 1 atom stereocenters. The highest BCUT2D eigenvalue weighted by Crippen LogP contribution is 2.15. The topological polar surface area (TPSA) is 38.3 Å². The number of hydrogen-bond donors (Lipinski definition) is 1. The first-order valence-corrected chi connectivity index (χ1v) is 7.07. The molecule has 1 amide bonds. The number of carbonyl (C=O) groups is 1. The average molecular weight is 309 g/mol. The Labute approximate surface area is 130 Å². The van der Waals surface area contributed by atoms with Crippen LogP contribution < -0.4 is 5.32 Å².